The second-order valence-electron chi connectivity index (χ2n) is 6.56. The highest BCUT2D eigenvalue weighted by Crippen LogP contribution is 2.45. The number of primary sulfonamides is 1. The Morgan fingerprint density at radius 1 is 1.10 bits per heavy atom. The molecular weight excluding hydrogens is 394 g/mol. The van der Waals surface area contributed by atoms with Gasteiger partial charge in [0, 0.05) is 11.6 Å². The van der Waals surface area contributed by atoms with E-state index in [0.29, 0.717) is 39.7 Å². The zero-order chi connectivity index (χ0) is 20.3. The normalized spacial score (nSPS) is 12.5. The van der Waals surface area contributed by atoms with Gasteiger partial charge in [0.15, 0.2) is 23.0 Å². The number of rotatable bonds is 3. The number of phenolic OH excluding ortho intramolecular Hbond substituents is 1. The number of imidazole rings is 1. The van der Waals surface area contributed by atoms with Crippen LogP contribution in [0.25, 0.3) is 28.1 Å². The third-order valence-electron chi connectivity index (χ3n) is 4.78. The highest BCUT2D eigenvalue weighted by molar-refractivity contribution is 7.89. The lowest BCUT2D eigenvalue weighted by Crippen LogP contribution is -2.13. The second kappa shape index (κ2) is 5.97. The molecule has 0 aliphatic carbocycles. The van der Waals surface area contributed by atoms with Gasteiger partial charge in [-0.3, -0.25) is 4.57 Å². The van der Waals surface area contributed by atoms with Gasteiger partial charge in [0.2, 0.25) is 10.0 Å². The first-order chi connectivity index (χ1) is 13.9. The third kappa shape index (κ3) is 2.63. The SMILES string of the molecule is COc1cc(-c2nc3cc(S(N)(=O)=O)cc4c3n2-c2ccccc2O4)ccc1O. The van der Waals surface area contributed by atoms with E-state index in [2.05, 4.69) is 4.98 Å². The summed E-state index contributed by atoms with van der Waals surface area (Å²) in [5.74, 6) is 1.74. The fourth-order valence-corrected chi connectivity index (χ4v) is 4.03. The molecule has 146 valence electrons. The number of hydrogen-bond donors (Lipinski definition) is 2. The van der Waals surface area contributed by atoms with Crippen LogP contribution in [0.2, 0.25) is 0 Å². The number of phenols is 1. The van der Waals surface area contributed by atoms with Gasteiger partial charge in [-0.05, 0) is 36.4 Å². The van der Waals surface area contributed by atoms with Crippen molar-refractivity contribution in [3.05, 3.63) is 54.6 Å². The molecule has 1 aliphatic heterocycles. The van der Waals surface area contributed by atoms with E-state index in [0.717, 1.165) is 5.69 Å². The average molecular weight is 409 g/mol. The topological polar surface area (TPSA) is 117 Å². The van der Waals surface area contributed by atoms with Crippen molar-refractivity contribution in [1.82, 2.24) is 9.55 Å². The number of hydrogen-bond acceptors (Lipinski definition) is 6. The summed E-state index contributed by atoms with van der Waals surface area (Å²) in [5.41, 5.74) is 2.48. The molecule has 2 heterocycles. The highest BCUT2D eigenvalue weighted by atomic mass is 32.2. The molecule has 5 rings (SSSR count). The number of aromatic nitrogens is 2. The molecule has 0 spiro atoms. The Hall–Kier alpha value is -3.56. The average Bonchev–Trinajstić information content (AvgIpc) is 3.08. The molecule has 29 heavy (non-hydrogen) atoms. The molecule has 0 saturated carbocycles. The number of sulfonamides is 1. The zero-order valence-electron chi connectivity index (χ0n) is 15.2. The predicted octanol–water partition coefficient (Wildman–Crippen LogP) is 3.16. The lowest BCUT2D eigenvalue weighted by Gasteiger charge is -2.21. The minimum atomic E-state index is -3.95. The molecule has 0 amide bonds. The minimum absolute atomic E-state index is 0.00643. The summed E-state index contributed by atoms with van der Waals surface area (Å²) in [4.78, 5) is 4.57. The van der Waals surface area contributed by atoms with Crippen LogP contribution in [-0.2, 0) is 10.0 Å². The number of para-hydroxylation sites is 2. The van der Waals surface area contributed by atoms with Gasteiger partial charge >= 0.3 is 0 Å². The monoisotopic (exact) mass is 409 g/mol. The maximum atomic E-state index is 11.9. The first-order valence-corrected chi connectivity index (χ1v) is 10.2. The maximum absolute atomic E-state index is 11.9. The van der Waals surface area contributed by atoms with Gasteiger partial charge < -0.3 is 14.6 Å². The first-order valence-electron chi connectivity index (χ1n) is 8.61. The van der Waals surface area contributed by atoms with Gasteiger partial charge in [-0.15, -0.1) is 0 Å². The van der Waals surface area contributed by atoms with E-state index in [-0.39, 0.29) is 10.6 Å². The Balaban J connectivity index is 1.89. The van der Waals surface area contributed by atoms with Crippen LogP contribution in [0.4, 0.5) is 0 Å². The fraction of sp³-hybridized carbons (Fsp3) is 0.0500. The van der Waals surface area contributed by atoms with Gasteiger partial charge in [-0.25, -0.2) is 18.5 Å². The smallest absolute Gasteiger partial charge is 0.238 e. The van der Waals surface area contributed by atoms with Crippen LogP contribution in [-0.4, -0.2) is 30.2 Å². The molecule has 0 atom stereocenters. The zero-order valence-corrected chi connectivity index (χ0v) is 16.0. The van der Waals surface area contributed by atoms with Crippen LogP contribution in [0.1, 0.15) is 0 Å². The third-order valence-corrected chi connectivity index (χ3v) is 5.68. The van der Waals surface area contributed by atoms with Gasteiger partial charge in [0.1, 0.15) is 11.3 Å². The van der Waals surface area contributed by atoms with Crippen LogP contribution in [0.3, 0.4) is 0 Å². The Labute approximate surface area is 165 Å². The number of fused-ring (bicyclic) bond motifs is 2. The van der Waals surface area contributed by atoms with Crippen LogP contribution in [0.15, 0.2) is 59.5 Å². The molecular formula is C20H15N3O5S. The molecule has 1 aromatic heterocycles. The number of benzene rings is 3. The van der Waals surface area contributed by atoms with E-state index in [1.807, 2.05) is 22.8 Å². The van der Waals surface area contributed by atoms with Crippen molar-refractivity contribution >= 4 is 21.1 Å². The molecule has 3 aromatic carbocycles. The lowest BCUT2D eigenvalue weighted by atomic mass is 10.1. The van der Waals surface area contributed by atoms with E-state index in [9.17, 15) is 13.5 Å². The van der Waals surface area contributed by atoms with E-state index in [4.69, 9.17) is 14.6 Å². The summed E-state index contributed by atoms with van der Waals surface area (Å²) in [5, 5.41) is 15.3. The number of ether oxygens (including phenoxy) is 2. The Morgan fingerprint density at radius 2 is 1.90 bits per heavy atom. The van der Waals surface area contributed by atoms with Crippen LogP contribution in [0, 0.1) is 0 Å². The number of aromatic hydroxyl groups is 1. The summed E-state index contributed by atoms with van der Waals surface area (Å²) >= 11 is 0. The van der Waals surface area contributed by atoms with E-state index >= 15 is 0 Å². The second-order valence-corrected chi connectivity index (χ2v) is 8.12. The van der Waals surface area contributed by atoms with Crippen molar-refractivity contribution in [1.29, 1.82) is 0 Å². The molecule has 0 unspecified atom stereocenters. The summed E-state index contributed by atoms with van der Waals surface area (Å²) in [7, 11) is -2.48. The van der Waals surface area contributed by atoms with Gasteiger partial charge in [0.05, 0.1) is 23.2 Å². The van der Waals surface area contributed by atoms with Crippen molar-refractivity contribution in [2.75, 3.05) is 7.11 Å². The largest absolute Gasteiger partial charge is 0.504 e. The first kappa shape index (κ1) is 17.5. The number of nitrogens with zero attached hydrogens (tertiary/aromatic N) is 2. The van der Waals surface area contributed by atoms with E-state index in [1.165, 1.54) is 25.3 Å². The standard InChI is InChI=1S/C20H15N3O5S/c1-27-17-8-11(6-7-15(17)24)20-22-13-9-12(29(21,25)26)10-18-19(13)23(20)14-4-2-3-5-16(14)28-18/h2-10,24H,1H3,(H2,21,25,26). The van der Waals surface area contributed by atoms with Gasteiger partial charge in [0.25, 0.3) is 0 Å². The van der Waals surface area contributed by atoms with Gasteiger partial charge in [-0.1, -0.05) is 12.1 Å². The molecule has 4 aromatic rings. The Morgan fingerprint density at radius 3 is 2.66 bits per heavy atom. The van der Waals surface area contributed by atoms with Crippen molar-refractivity contribution in [3.63, 3.8) is 0 Å². The van der Waals surface area contributed by atoms with Crippen molar-refractivity contribution in [3.8, 4) is 40.1 Å². The molecule has 0 saturated heterocycles. The van der Waals surface area contributed by atoms with Crippen molar-refractivity contribution in [2.24, 2.45) is 5.14 Å². The van der Waals surface area contributed by atoms with Crippen molar-refractivity contribution < 1.29 is 23.0 Å². The van der Waals surface area contributed by atoms with E-state index < -0.39 is 10.0 Å². The molecule has 0 fully saturated rings. The minimum Gasteiger partial charge on any atom is -0.504 e. The fourth-order valence-electron chi connectivity index (χ4n) is 3.48. The summed E-state index contributed by atoms with van der Waals surface area (Å²) in [6.45, 7) is 0. The van der Waals surface area contributed by atoms with Gasteiger partial charge in [-0.2, -0.15) is 0 Å². The summed E-state index contributed by atoms with van der Waals surface area (Å²) in [6.07, 6.45) is 0. The van der Waals surface area contributed by atoms with Crippen LogP contribution >= 0.6 is 0 Å². The Bertz CT molecular complexity index is 1410. The summed E-state index contributed by atoms with van der Waals surface area (Å²) < 4.78 is 36.9. The predicted molar refractivity (Wildman–Crippen MR) is 106 cm³/mol. The summed E-state index contributed by atoms with van der Waals surface area (Å²) in [6, 6.07) is 15.1. The molecule has 9 heteroatoms. The van der Waals surface area contributed by atoms with Crippen molar-refractivity contribution in [2.45, 2.75) is 4.90 Å². The van der Waals surface area contributed by atoms with Crippen LogP contribution < -0.4 is 14.6 Å². The lowest BCUT2D eigenvalue weighted by molar-refractivity contribution is 0.373. The molecule has 0 bridgehead atoms. The highest BCUT2D eigenvalue weighted by Gasteiger charge is 2.27. The number of methoxy groups -OCH3 is 1. The number of nitrogens with two attached hydrogens (primary N) is 1. The van der Waals surface area contributed by atoms with Crippen LogP contribution in [0.5, 0.6) is 23.0 Å². The quantitative estimate of drug-likeness (QED) is 0.473. The molecule has 3 N–H and O–H groups in total. The molecule has 8 nitrogen and oxygen atoms in total. The maximum Gasteiger partial charge on any atom is 0.238 e. The molecule has 1 aliphatic rings. The Kier molecular flexibility index (Phi) is 3.61. The van der Waals surface area contributed by atoms with E-state index in [1.54, 1.807) is 18.2 Å². The molecule has 0 radical (unpaired) electrons.